The van der Waals surface area contributed by atoms with Gasteiger partial charge in [-0.2, -0.15) is 5.10 Å². The Kier molecular flexibility index (Phi) is 9.57. The normalized spacial score (nSPS) is 11.7. The zero-order valence-corrected chi connectivity index (χ0v) is 19.5. The van der Waals surface area contributed by atoms with E-state index in [9.17, 15) is 9.59 Å². The molecule has 0 aliphatic carbocycles. The van der Waals surface area contributed by atoms with Gasteiger partial charge in [-0.15, -0.1) is 6.42 Å². The molecule has 2 N–H and O–H groups in total. The Morgan fingerprint density at radius 1 is 1.26 bits per heavy atom. The number of amides is 2. The van der Waals surface area contributed by atoms with E-state index in [0.29, 0.717) is 28.3 Å². The number of nitrogens with one attached hydrogen (secondary N) is 2. The number of terminal acetylenes is 1. The van der Waals surface area contributed by atoms with Gasteiger partial charge in [0.05, 0.1) is 6.21 Å². The number of carbonyl (C=O) groups is 2. The first-order chi connectivity index (χ1) is 14.8. The SMILES string of the molecule is C#CCOc1ccc(Br)cc1/C=N/NC(=O)C(CC(C)C)NC(=O)c1ccc(Cl)cc1. The van der Waals surface area contributed by atoms with Gasteiger partial charge in [0.2, 0.25) is 0 Å². The van der Waals surface area contributed by atoms with Crippen molar-refractivity contribution in [3.8, 4) is 18.1 Å². The summed E-state index contributed by atoms with van der Waals surface area (Å²) in [6, 6.07) is 11.0. The number of rotatable bonds is 9. The molecule has 0 aliphatic heterocycles. The number of hydrogen-bond donors (Lipinski definition) is 2. The molecule has 0 saturated heterocycles. The molecule has 0 aromatic heterocycles. The summed E-state index contributed by atoms with van der Waals surface area (Å²) >= 11 is 9.25. The Morgan fingerprint density at radius 2 is 1.97 bits per heavy atom. The zero-order valence-electron chi connectivity index (χ0n) is 17.2. The van der Waals surface area contributed by atoms with Crippen LogP contribution in [-0.2, 0) is 4.79 Å². The Morgan fingerprint density at radius 3 is 2.61 bits per heavy atom. The Labute approximate surface area is 195 Å². The van der Waals surface area contributed by atoms with Gasteiger partial charge in [0.25, 0.3) is 11.8 Å². The number of hydrogen-bond acceptors (Lipinski definition) is 4. The molecule has 31 heavy (non-hydrogen) atoms. The second-order valence-electron chi connectivity index (χ2n) is 7.07. The molecule has 2 rings (SSSR count). The lowest BCUT2D eigenvalue weighted by Gasteiger charge is -2.19. The molecule has 2 aromatic rings. The van der Waals surface area contributed by atoms with Crippen LogP contribution in [-0.4, -0.2) is 30.7 Å². The van der Waals surface area contributed by atoms with Gasteiger partial charge in [-0.1, -0.05) is 47.3 Å². The van der Waals surface area contributed by atoms with E-state index in [-0.39, 0.29) is 18.4 Å². The van der Waals surface area contributed by atoms with Crippen molar-refractivity contribution >= 4 is 45.6 Å². The summed E-state index contributed by atoms with van der Waals surface area (Å²) in [5.41, 5.74) is 3.54. The molecule has 2 aromatic carbocycles. The first-order valence-corrected chi connectivity index (χ1v) is 10.7. The van der Waals surface area contributed by atoms with E-state index in [1.54, 1.807) is 36.4 Å². The highest BCUT2D eigenvalue weighted by Gasteiger charge is 2.22. The zero-order chi connectivity index (χ0) is 22.8. The van der Waals surface area contributed by atoms with Gasteiger partial charge < -0.3 is 10.1 Å². The predicted octanol–water partition coefficient (Wildman–Crippen LogP) is 4.41. The highest BCUT2D eigenvalue weighted by molar-refractivity contribution is 9.10. The molecule has 1 unspecified atom stereocenters. The topological polar surface area (TPSA) is 79.8 Å². The monoisotopic (exact) mass is 503 g/mol. The maximum atomic E-state index is 12.7. The highest BCUT2D eigenvalue weighted by atomic mass is 79.9. The highest BCUT2D eigenvalue weighted by Crippen LogP contribution is 2.21. The largest absolute Gasteiger partial charge is 0.480 e. The fraction of sp³-hybridized carbons (Fsp3) is 0.261. The Hall–Kier alpha value is -2.82. The second-order valence-corrected chi connectivity index (χ2v) is 8.42. The van der Waals surface area contributed by atoms with Crippen molar-refractivity contribution in [2.45, 2.75) is 26.3 Å². The second kappa shape index (κ2) is 12.1. The average molecular weight is 505 g/mol. The van der Waals surface area contributed by atoms with Gasteiger partial charge in [0, 0.05) is 20.6 Å². The lowest BCUT2D eigenvalue weighted by molar-refractivity contribution is -0.123. The van der Waals surface area contributed by atoms with Crippen molar-refractivity contribution in [1.82, 2.24) is 10.7 Å². The van der Waals surface area contributed by atoms with Crippen molar-refractivity contribution in [3.63, 3.8) is 0 Å². The molecule has 162 valence electrons. The van der Waals surface area contributed by atoms with Gasteiger partial charge in [-0.05, 0) is 54.8 Å². The number of nitrogens with zero attached hydrogens (tertiary/aromatic N) is 1. The van der Waals surface area contributed by atoms with Crippen molar-refractivity contribution in [3.05, 3.63) is 63.1 Å². The molecule has 0 heterocycles. The summed E-state index contributed by atoms with van der Waals surface area (Å²) in [6.07, 6.45) is 7.16. The fourth-order valence-electron chi connectivity index (χ4n) is 2.66. The number of ether oxygens (including phenoxy) is 1. The number of benzene rings is 2. The van der Waals surface area contributed by atoms with Gasteiger partial charge in [-0.25, -0.2) is 5.43 Å². The van der Waals surface area contributed by atoms with Crippen LogP contribution in [0.1, 0.15) is 36.2 Å². The van der Waals surface area contributed by atoms with Crippen LogP contribution in [0.25, 0.3) is 0 Å². The van der Waals surface area contributed by atoms with Crippen molar-refractivity contribution in [1.29, 1.82) is 0 Å². The smallest absolute Gasteiger partial charge is 0.262 e. The first-order valence-electron chi connectivity index (χ1n) is 9.55. The predicted molar refractivity (Wildman–Crippen MR) is 126 cm³/mol. The van der Waals surface area contributed by atoms with Crippen LogP contribution in [0.15, 0.2) is 52.0 Å². The minimum absolute atomic E-state index is 0.113. The molecular formula is C23H23BrClN3O3. The first kappa shape index (κ1) is 24.4. The third-order valence-corrected chi connectivity index (χ3v) is 4.84. The van der Waals surface area contributed by atoms with E-state index in [2.05, 4.69) is 37.7 Å². The van der Waals surface area contributed by atoms with Crippen molar-refractivity contribution in [2.75, 3.05) is 6.61 Å². The van der Waals surface area contributed by atoms with Gasteiger partial charge >= 0.3 is 0 Å². The maximum Gasteiger partial charge on any atom is 0.262 e. The molecule has 0 aliphatic rings. The summed E-state index contributed by atoms with van der Waals surface area (Å²) in [5.74, 6) is 2.33. The summed E-state index contributed by atoms with van der Waals surface area (Å²) < 4.78 is 6.30. The molecular weight excluding hydrogens is 482 g/mol. The molecule has 0 spiro atoms. The molecule has 0 fully saturated rings. The van der Waals surface area contributed by atoms with E-state index in [0.717, 1.165) is 4.47 Å². The van der Waals surface area contributed by atoms with Crippen molar-refractivity contribution < 1.29 is 14.3 Å². The fourth-order valence-corrected chi connectivity index (χ4v) is 3.16. The van der Waals surface area contributed by atoms with Gasteiger partial charge in [-0.3, -0.25) is 9.59 Å². The average Bonchev–Trinajstić information content (AvgIpc) is 2.72. The third-order valence-electron chi connectivity index (χ3n) is 4.10. The quantitative estimate of drug-likeness (QED) is 0.302. The molecule has 2 amide bonds. The minimum atomic E-state index is -0.750. The van der Waals surface area contributed by atoms with Crippen LogP contribution in [0.4, 0.5) is 0 Å². The van der Waals surface area contributed by atoms with E-state index in [4.69, 9.17) is 22.8 Å². The Balaban J connectivity index is 2.09. The summed E-state index contributed by atoms with van der Waals surface area (Å²) in [6.45, 7) is 4.05. The molecule has 6 nitrogen and oxygen atoms in total. The number of carbonyl (C=O) groups excluding carboxylic acids is 2. The maximum absolute atomic E-state index is 12.7. The summed E-state index contributed by atoms with van der Waals surface area (Å²) in [5, 5.41) is 7.31. The van der Waals surface area contributed by atoms with Gasteiger partial charge in [0.1, 0.15) is 18.4 Å². The molecule has 8 heteroatoms. The van der Waals surface area contributed by atoms with Crippen LogP contribution in [0.3, 0.4) is 0 Å². The molecule has 1 atom stereocenters. The molecule has 0 radical (unpaired) electrons. The van der Waals surface area contributed by atoms with E-state index in [1.807, 2.05) is 19.9 Å². The molecule has 0 bridgehead atoms. The van der Waals surface area contributed by atoms with Crippen molar-refractivity contribution in [2.24, 2.45) is 11.0 Å². The third kappa shape index (κ3) is 8.08. The lowest BCUT2D eigenvalue weighted by Crippen LogP contribution is -2.46. The minimum Gasteiger partial charge on any atom is -0.480 e. The Bertz CT molecular complexity index is 985. The van der Waals surface area contributed by atoms with Crippen LogP contribution < -0.4 is 15.5 Å². The van der Waals surface area contributed by atoms with E-state index < -0.39 is 11.9 Å². The summed E-state index contributed by atoms with van der Waals surface area (Å²) in [7, 11) is 0. The van der Waals surface area contributed by atoms with Crippen LogP contribution in [0.5, 0.6) is 5.75 Å². The lowest BCUT2D eigenvalue weighted by atomic mass is 10.0. The van der Waals surface area contributed by atoms with Crippen LogP contribution in [0.2, 0.25) is 5.02 Å². The van der Waals surface area contributed by atoms with Crippen LogP contribution >= 0.6 is 27.5 Å². The van der Waals surface area contributed by atoms with E-state index >= 15 is 0 Å². The van der Waals surface area contributed by atoms with Gasteiger partial charge in [0.15, 0.2) is 0 Å². The molecule has 0 saturated carbocycles. The van der Waals surface area contributed by atoms with Crippen LogP contribution in [0, 0.1) is 18.3 Å². The summed E-state index contributed by atoms with van der Waals surface area (Å²) in [4.78, 5) is 25.2. The van der Waals surface area contributed by atoms with E-state index in [1.165, 1.54) is 6.21 Å². The number of hydrazone groups is 1. The standard InChI is InChI=1S/C23H23BrClN3O3/c1-4-11-31-21-10-7-18(24)13-17(21)14-26-28-23(30)20(12-15(2)3)27-22(29)16-5-8-19(25)9-6-16/h1,5-10,13-15,20H,11-12H2,2-3H3,(H,27,29)(H,28,30)/b26-14+. The number of halogens is 2.